The fourth-order valence-corrected chi connectivity index (χ4v) is 3.24. The van der Waals surface area contributed by atoms with Crippen molar-refractivity contribution in [2.75, 3.05) is 27.2 Å². The Bertz CT molecular complexity index is 741. The molecular formula is C22H30N2O2. The lowest BCUT2D eigenvalue weighted by atomic mass is 10.0. The number of benzene rings is 2. The van der Waals surface area contributed by atoms with Gasteiger partial charge < -0.3 is 19.7 Å². The highest BCUT2D eigenvalue weighted by Gasteiger charge is 2.29. The monoisotopic (exact) mass is 354 g/mol. The van der Waals surface area contributed by atoms with Crippen molar-refractivity contribution in [2.24, 2.45) is 0 Å². The number of ether oxygens (including phenoxy) is 2. The van der Waals surface area contributed by atoms with Gasteiger partial charge in [-0.1, -0.05) is 30.3 Å². The third kappa shape index (κ3) is 4.99. The molecule has 0 atom stereocenters. The van der Waals surface area contributed by atoms with Gasteiger partial charge in [-0.15, -0.1) is 0 Å². The van der Waals surface area contributed by atoms with Gasteiger partial charge in [0.15, 0.2) is 0 Å². The Balaban J connectivity index is 1.54. The van der Waals surface area contributed by atoms with Crippen LogP contribution < -0.4 is 14.8 Å². The summed E-state index contributed by atoms with van der Waals surface area (Å²) >= 11 is 0. The third-order valence-electron chi connectivity index (χ3n) is 4.54. The Hall–Kier alpha value is -2.04. The molecule has 0 amide bonds. The molecule has 0 spiro atoms. The second-order valence-electron chi connectivity index (χ2n) is 7.84. The normalized spacial score (nSPS) is 15.0. The smallest absolute Gasteiger partial charge is 0.123 e. The molecule has 0 bridgehead atoms. The fraction of sp³-hybridized carbons (Fsp3) is 0.455. The van der Waals surface area contributed by atoms with Crippen LogP contribution in [0.3, 0.4) is 0 Å². The summed E-state index contributed by atoms with van der Waals surface area (Å²) in [6.07, 6.45) is 0.971. The minimum Gasteiger partial charge on any atom is -0.492 e. The lowest BCUT2D eigenvalue weighted by Crippen LogP contribution is -2.24. The maximum atomic E-state index is 5.95. The van der Waals surface area contributed by atoms with Crippen LogP contribution in [0.25, 0.3) is 0 Å². The minimum absolute atomic E-state index is 0.0861. The molecule has 3 rings (SSSR count). The van der Waals surface area contributed by atoms with Gasteiger partial charge in [0.1, 0.15) is 23.7 Å². The topological polar surface area (TPSA) is 33.7 Å². The Labute approximate surface area is 157 Å². The number of hydrogen-bond donors (Lipinski definition) is 1. The number of para-hydroxylation sites is 1. The maximum absolute atomic E-state index is 5.95. The van der Waals surface area contributed by atoms with Crippen molar-refractivity contribution in [3.05, 3.63) is 59.2 Å². The van der Waals surface area contributed by atoms with E-state index in [1.807, 2.05) is 12.1 Å². The molecule has 1 N–H and O–H groups in total. The third-order valence-corrected chi connectivity index (χ3v) is 4.54. The SMILES string of the molecule is CN(C)CCOc1ccccc1CNCc1ccc2c(c1)CC(C)(C)O2. The minimum atomic E-state index is -0.0861. The first kappa shape index (κ1) is 18.7. The average molecular weight is 354 g/mol. The number of rotatable bonds is 8. The zero-order valence-electron chi connectivity index (χ0n) is 16.3. The molecule has 0 saturated carbocycles. The molecule has 26 heavy (non-hydrogen) atoms. The van der Waals surface area contributed by atoms with Crippen molar-refractivity contribution < 1.29 is 9.47 Å². The van der Waals surface area contributed by atoms with E-state index in [2.05, 4.69) is 68.5 Å². The molecule has 1 aliphatic rings. The van der Waals surface area contributed by atoms with E-state index >= 15 is 0 Å². The van der Waals surface area contributed by atoms with E-state index in [-0.39, 0.29) is 5.60 Å². The van der Waals surface area contributed by atoms with Crippen LogP contribution in [0, 0.1) is 0 Å². The number of nitrogens with one attached hydrogen (secondary N) is 1. The van der Waals surface area contributed by atoms with Gasteiger partial charge in [0.2, 0.25) is 0 Å². The Kier molecular flexibility index (Phi) is 5.84. The van der Waals surface area contributed by atoms with Crippen LogP contribution in [0.5, 0.6) is 11.5 Å². The summed E-state index contributed by atoms with van der Waals surface area (Å²) in [6.45, 7) is 7.51. The molecular weight excluding hydrogens is 324 g/mol. The van der Waals surface area contributed by atoms with Crippen LogP contribution in [0.1, 0.15) is 30.5 Å². The van der Waals surface area contributed by atoms with Crippen LogP contribution in [-0.2, 0) is 19.5 Å². The molecule has 4 heteroatoms. The van der Waals surface area contributed by atoms with E-state index in [0.29, 0.717) is 6.61 Å². The molecule has 2 aromatic carbocycles. The quantitative estimate of drug-likeness (QED) is 0.785. The number of fused-ring (bicyclic) bond motifs is 1. The van der Waals surface area contributed by atoms with Crippen LogP contribution in [-0.4, -0.2) is 37.7 Å². The van der Waals surface area contributed by atoms with E-state index in [1.54, 1.807) is 0 Å². The summed E-state index contributed by atoms with van der Waals surface area (Å²) in [5.41, 5.74) is 3.70. The standard InChI is InChI=1S/C22H30N2O2/c1-22(2)14-19-13-17(9-10-21(19)26-22)15-23-16-18-7-5-6-8-20(18)25-12-11-24(3)4/h5-10,13,23H,11-12,14-16H2,1-4H3. The Morgan fingerprint density at radius 2 is 1.92 bits per heavy atom. The second-order valence-corrected chi connectivity index (χ2v) is 7.84. The van der Waals surface area contributed by atoms with E-state index in [9.17, 15) is 0 Å². The number of likely N-dealkylation sites (N-methyl/N-ethyl adjacent to an activating group) is 1. The predicted molar refractivity (Wildman–Crippen MR) is 106 cm³/mol. The van der Waals surface area contributed by atoms with E-state index < -0.39 is 0 Å². The maximum Gasteiger partial charge on any atom is 0.123 e. The average Bonchev–Trinajstić information content (AvgIpc) is 2.89. The summed E-state index contributed by atoms with van der Waals surface area (Å²) in [5, 5.41) is 3.54. The first-order chi connectivity index (χ1) is 12.4. The zero-order chi connectivity index (χ0) is 18.6. The van der Waals surface area contributed by atoms with Gasteiger partial charge >= 0.3 is 0 Å². The molecule has 2 aromatic rings. The van der Waals surface area contributed by atoms with Crippen LogP contribution in [0.15, 0.2) is 42.5 Å². The number of nitrogens with zero attached hydrogens (tertiary/aromatic N) is 1. The first-order valence-corrected chi connectivity index (χ1v) is 9.30. The highest BCUT2D eigenvalue weighted by Crippen LogP contribution is 2.35. The van der Waals surface area contributed by atoms with Crippen molar-refractivity contribution in [3.8, 4) is 11.5 Å². The summed E-state index contributed by atoms with van der Waals surface area (Å²) in [7, 11) is 4.11. The highest BCUT2D eigenvalue weighted by atomic mass is 16.5. The Morgan fingerprint density at radius 3 is 2.73 bits per heavy atom. The van der Waals surface area contributed by atoms with Gasteiger partial charge in [0, 0.05) is 31.6 Å². The molecule has 140 valence electrons. The largest absolute Gasteiger partial charge is 0.492 e. The summed E-state index contributed by atoms with van der Waals surface area (Å²) in [4.78, 5) is 2.12. The second kappa shape index (κ2) is 8.11. The van der Waals surface area contributed by atoms with Crippen LogP contribution >= 0.6 is 0 Å². The summed E-state index contributed by atoms with van der Waals surface area (Å²) in [6, 6.07) is 14.8. The summed E-state index contributed by atoms with van der Waals surface area (Å²) < 4.78 is 11.9. The molecule has 0 saturated heterocycles. The molecule has 0 unspecified atom stereocenters. The van der Waals surface area contributed by atoms with Crippen LogP contribution in [0.4, 0.5) is 0 Å². The molecule has 1 heterocycles. The van der Waals surface area contributed by atoms with Gasteiger partial charge in [0.25, 0.3) is 0 Å². The van der Waals surface area contributed by atoms with Gasteiger partial charge in [-0.3, -0.25) is 0 Å². The fourth-order valence-electron chi connectivity index (χ4n) is 3.24. The van der Waals surface area contributed by atoms with E-state index in [4.69, 9.17) is 9.47 Å². The van der Waals surface area contributed by atoms with E-state index in [0.717, 1.165) is 37.6 Å². The van der Waals surface area contributed by atoms with Gasteiger partial charge in [0.05, 0.1) is 0 Å². The van der Waals surface area contributed by atoms with Crippen LogP contribution in [0.2, 0.25) is 0 Å². The van der Waals surface area contributed by atoms with E-state index in [1.165, 1.54) is 16.7 Å². The van der Waals surface area contributed by atoms with Gasteiger partial charge in [-0.2, -0.15) is 0 Å². The van der Waals surface area contributed by atoms with Gasteiger partial charge in [-0.05, 0) is 51.2 Å². The highest BCUT2D eigenvalue weighted by molar-refractivity contribution is 5.42. The van der Waals surface area contributed by atoms with Crippen molar-refractivity contribution >= 4 is 0 Å². The zero-order valence-corrected chi connectivity index (χ0v) is 16.3. The molecule has 0 aromatic heterocycles. The summed E-state index contributed by atoms with van der Waals surface area (Å²) in [5.74, 6) is 1.99. The molecule has 0 radical (unpaired) electrons. The molecule has 0 fully saturated rings. The van der Waals surface area contributed by atoms with Crippen molar-refractivity contribution in [1.29, 1.82) is 0 Å². The molecule has 1 aliphatic heterocycles. The first-order valence-electron chi connectivity index (χ1n) is 9.30. The van der Waals surface area contributed by atoms with Crippen molar-refractivity contribution in [2.45, 2.75) is 39.0 Å². The van der Waals surface area contributed by atoms with Gasteiger partial charge in [-0.25, -0.2) is 0 Å². The van der Waals surface area contributed by atoms with Crippen molar-refractivity contribution in [3.63, 3.8) is 0 Å². The molecule has 0 aliphatic carbocycles. The lowest BCUT2D eigenvalue weighted by Gasteiger charge is -2.16. The van der Waals surface area contributed by atoms with Crippen molar-refractivity contribution in [1.82, 2.24) is 10.2 Å². The predicted octanol–water partition coefficient (Wildman–Crippen LogP) is 3.63. The molecule has 4 nitrogen and oxygen atoms in total. The number of hydrogen-bond acceptors (Lipinski definition) is 4. The lowest BCUT2D eigenvalue weighted by molar-refractivity contribution is 0.138. The Morgan fingerprint density at radius 1 is 1.12 bits per heavy atom.